The van der Waals surface area contributed by atoms with E-state index in [4.69, 9.17) is 0 Å². The van der Waals surface area contributed by atoms with Crippen molar-refractivity contribution in [2.24, 2.45) is 0 Å². The van der Waals surface area contributed by atoms with E-state index in [1.807, 2.05) is 6.07 Å². The molecule has 6 heteroatoms. The van der Waals surface area contributed by atoms with Gasteiger partial charge in [0.25, 0.3) is 5.91 Å². The molecule has 1 amide bonds. The van der Waals surface area contributed by atoms with E-state index in [9.17, 15) is 18.0 Å². The molecule has 0 saturated carbocycles. The van der Waals surface area contributed by atoms with Crippen LogP contribution in [0.5, 0.6) is 0 Å². The molecule has 2 aromatic carbocycles. The standard InChI is InChI=1S/C14H9BrF3NO/c15-7-8-2-1-3-10(4-8)19-14(20)9-5-11(16)13(18)12(17)6-9/h1-6H,7H2,(H,19,20). The SMILES string of the molecule is O=C(Nc1cccc(CBr)c1)c1cc(F)c(F)c(F)c1. The Hall–Kier alpha value is -1.82. The van der Waals surface area contributed by atoms with Gasteiger partial charge in [-0.25, -0.2) is 13.2 Å². The summed E-state index contributed by atoms with van der Waals surface area (Å²) in [4.78, 5) is 11.9. The van der Waals surface area contributed by atoms with Gasteiger partial charge in [0.05, 0.1) is 0 Å². The molecule has 0 aliphatic carbocycles. The van der Waals surface area contributed by atoms with Gasteiger partial charge in [0.1, 0.15) is 0 Å². The second-order valence-electron chi connectivity index (χ2n) is 4.04. The zero-order valence-corrected chi connectivity index (χ0v) is 11.7. The lowest BCUT2D eigenvalue weighted by molar-refractivity contribution is 0.102. The smallest absolute Gasteiger partial charge is 0.255 e. The van der Waals surface area contributed by atoms with Crippen LogP contribution in [0.1, 0.15) is 15.9 Å². The maximum atomic E-state index is 13.1. The Kier molecular flexibility index (Phi) is 4.44. The van der Waals surface area contributed by atoms with Crippen LogP contribution in [0.4, 0.5) is 18.9 Å². The minimum atomic E-state index is -1.59. The van der Waals surface area contributed by atoms with Crippen molar-refractivity contribution in [3.05, 3.63) is 65.0 Å². The fraction of sp³-hybridized carbons (Fsp3) is 0.0714. The molecule has 104 valence electrons. The summed E-state index contributed by atoms with van der Waals surface area (Å²) in [6.07, 6.45) is 0. The molecule has 0 bridgehead atoms. The summed E-state index contributed by atoms with van der Waals surface area (Å²) >= 11 is 3.28. The molecule has 0 atom stereocenters. The van der Waals surface area contributed by atoms with Crippen molar-refractivity contribution >= 4 is 27.5 Å². The molecule has 0 aliphatic rings. The third-order valence-electron chi connectivity index (χ3n) is 2.59. The first-order chi connectivity index (χ1) is 9.51. The summed E-state index contributed by atoms with van der Waals surface area (Å²) < 4.78 is 38.9. The molecule has 20 heavy (non-hydrogen) atoms. The average molecular weight is 344 g/mol. The summed E-state index contributed by atoms with van der Waals surface area (Å²) in [7, 11) is 0. The van der Waals surface area contributed by atoms with Gasteiger partial charge in [0.15, 0.2) is 17.5 Å². The highest BCUT2D eigenvalue weighted by Crippen LogP contribution is 2.17. The molecule has 2 aromatic rings. The number of benzene rings is 2. The van der Waals surface area contributed by atoms with Gasteiger partial charge in [-0.1, -0.05) is 28.1 Å². The van der Waals surface area contributed by atoms with Crippen molar-refractivity contribution in [1.29, 1.82) is 0 Å². The molecule has 0 spiro atoms. The lowest BCUT2D eigenvalue weighted by atomic mass is 10.1. The second-order valence-corrected chi connectivity index (χ2v) is 4.60. The van der Waals surface area contributed by atoms with Gasteiger partial charge in [-0.05, 0) is 29.8 Å². The molecule has 0 aromatic heterocycles. The average Bonchev–Trinajstić information content (AvgIpc) is 2.44. The Labute approximate surface area is 121 Å². The van der Waals surface area contributed by atoms with Gasteiger partial charge in [-0.15, -0.1) is 0 Å². The third-order valence-corrected chi connectivity index (χ3v) is 3.23. The number of hydrogen-bond acceptors (Lipinski definition) is 1. The Morgan fingerprint density at radius 2 is 1.75 bits per heavy atom. The highest BCUT2D eigenvalue weighted by molar-refractivity contribution is 9.08. The van der Waals surface area contributed by atoms with Crippen LogP contribution >= 0.6 is 15.9 Å². The minimum Gasteiger partial charge on any atom is -0.322 e. The van der Waals surface area contributed by atoms with E-state index in [1.54, 1.807) is 18.2 Å². The van der Waals surface area contributed by atoms with E-state index in [0.717, 1.165) is 5.56 Å². The van der Waals surface area contributed by atoms with Crippen LogP contribution in [-0.4, -0.2) is 5.91 Å². The molecular formula is C14H9BrF3NO. The van der Waals surface area contributed by atoms with Gasteiger partial charge < -0.3 is 5.32 Å². The fourth-order valence-corrected chi connectivity index (χ4v) is 1.97. The highest BCUT2D eigenvalue weighted by Gasteiger charge is 2.15. The van der Waals surface area contributed by atoms with E-state index in [0.29, 0.717) is 23.2 Å². The molecule has 2 rings (SSSR count). The number of halogens is 4. The number of hydrogen-bond donors (Lipinski definition) is 1. The normalized spacial score (nSPS) is 10.4. The molecule has 1 N–H and O–H groups in total. The van der Waals surface area contributed by atoms with Gasteiger partial charge in [0, 0.05) is 16.6 Å². The molecule has 0 aliphatic heterocycles. The van der Waals surface area contributed by atoms with Crippen LogP contribution in [0.3, 0.4) is 0 Å². The second kappa shape index (κ2) is 6.09. The van der Waals surface area contributed by atoms with Gasteiger partial charge in [-0.2, -0.15) is 0 Å². The van der Waals surface area contributed by atoms with E-state index >= 15 is 0 Å². The molecule has 0 fully saturated rings. The van der Waals surface area contributed by atoms with E-state index in [2.05, 4.69) is 21.2 Å². The van der Waals surface area contributed by atoms with Crippen molar-refractivity contribution in [1.82, 2.24) is 0 Å². The van der Waals surface area contributed by atoms with Crippen LogP contribution in [0, 0.1) is 17.5 Å². The number of carbonyl (C=O) groups is 1. The van der Waals surface area contributed by atoms with Crippen molar-refractivity contribution in [3.8, 4) is 0 Å². The van der Waals surface area contributed by atoms with Crippen LogP contribution in [-0.2, 0) is 5.33 Å². The number of rotatable bonds is 3. The Morgan fingerprint density at radius 3 is 2.35 bits per heavy atom. The largest absolute Gasteiger partial charge is 0.322 e. The summed E-state index contributed by atoms with van der Waals surface area (Å²) in [6, 6.07) is 8.24. The monoisotopic (exact) mass is 343 g/mol. The van der Waals surface area contributed by atoms with Gasteiger partial charge >= 0.3 is 0 Å². The topological polar surface area (TPSA) is 29.1 Å². The summed E-state index contributed by atoms with van der Waals surface area (Å²) in [5.41, 5.74) is 1.13. The fourth-order valence-electron chi connectivity index (χ4n) is 1.62. The van der Waals surface area contributed by atoms with E-state index in [-0.39, 0.29) is 5.56 Å². The highest BCUT2D eigenvalue weighted by atomic mass is 79.9. The number of amides is 1. The third kappa shape index (κ3) is 3.19. The van der Waals surface area contributed by atoms with Crippen LogP contribution in [0.15, 0.2) is 36.4 Å². The van der Waals surface area contributed by atoms with E-state index in [1.165, 1.54) is 0 Å². The lowest BCUT2D eigenvalue weighted by Gasteiger charge is -2.07. The Bertz CT molecular complexity index is 638. The van der Waals surface area contributed by atoms with Crippen molar-refractivity contribution < 1.29 is 18.0 Å². The number of anilines is 1. The first-order valence-corrected chi connectivity index (χ1v) is 6.74. The van der Waals surface area contributed by atoms with Crippen LogP contribution < -0.4 is 5.32 Å². The predicted octanol–water partition coefficient (Wildman–Crippen LogP) is 4.25. The van der Waals surface area contributed by atoms with Crippen molar-refractivity contribution in [2.45, 2.75) is 5.33 Å². The van der Waals surface area contributed by atoms with Crippen LogP contribution in [0.2, 0.25) is 0 Å². The molecule has 0 heterocycles. The first kappa shape index (κ1) is 14.6. The molecule has 0 saturated heterocycles. The zero-order valence-electron chi connectivity index (χ0n) is 10.1. The van der Waals surface area contributed by atoms with E-state index < -0.39 is 23.4 Å². The number of nitrogens with one attached hydrogen (secondary N) is 1. The van der Waals surface area contributed by atoms with Gasteiger partial charge in [-0.3, -0.25) is 4.79 Å². The summed E-state index contributed by atoms with van der Waals surface area (Å²) in [6.45, 7) is 0. The maximum Gasteiger partial charge on any atom is 0.255 e. The van der Waals surface area contributed by atoms with Crippen molar-refractivity contribution in [3.63, 3.8) is 0 Å². The quantitative estimate of drug-likeness (QED) is 0.655. The first-order valence-electron chi connectivity index (χ1n) is 5.62. The molecule has 2 nitrogen and oxygen atoms in total. The van der Waals surface area contributed by atoms with Crippen LogP contribution in [0.25, 0.3) is 0 Å². The number of alkyl halides is 1. The molecular weight excluding hydrogens is 335 g/mol. The summed E-state index contributed by atoms with van der Waals surface area (Å²) in [5.74, 6) is -5.11. The van der Waals surface area contributed by atoms with Crippen molar-refractivity contribution in [2.75, 3.05) is 5.32 Å². The maximum absolute atomic E-state index is 13.1. The Morgan fingerprint density at radius 1 is 1.10 bits per heavy atom. The zero-order chi connectivity index (χ0) is 14.7. The number of carbonyl (C=O) groups excluding carboxylic acids is 1. The molecule has 0 unspecified atom stereocenters. The minimum absolute atomic E-state index is 0.286. The molecule has 0 radical (unpaired) electrons. The van der Waals surface area contributed by atoms with Gasteiger partial charge in [0.2, 0.25) is 0 Å². The summed E-state index contributed by atoms with van der Waals surface area (Å²) in [5, 5.41) is 3.10. The predicted molar refractivity (Wildman–Crippen MR) is 73.3 cm³/mol. The lowest BCUT2D eigenvalue weighted by Crippen LogP contribution is -2.13. The Balaban J connectivity index is 2.23.